The molecule has 0 aromatic carbocycles. The molecule has 2 heterocycles. The molecule has 0 fully saturated rings. The third kappa shape index (κ3) is 2.18. The van der Waals surface area contributed by atoms with E-state index in [-0.39, 0.29) is 0 Å². The molecule has 0 amide bonds. The Labute approximate surface area is 86.7 Å². The van der Waals surface area contributed by atoms with Gasteiger partial charge in [0, 0.05) is 17.8 Å². The number of nitrogens with one attached hydrogen (secondary N) is 3. The van der Waals surface area contributed by atoms with E-state index in [0.29, 0.717) is 12.4 Å². The number of rotatable bonds is 4. The van der Waals surface area contributed by atoms with Crippen molar-refractivity contribution in [2.75, 3.05) is 0 Å². The van der Waals surface area contributed by atoms with E-state index in [1.807, 2.05) is 13.8 Å². The van der Waals surface area contributed by atoms with Crippen molar-refractivity contribution in [3.05, 3.63) is 22.8 Å². The van der Waals surface area contributed by atoms with Crippen molar-refractivity contribution in [3.8, 4) is 0 Å². The fraction of sp³-hybridized carbons (Fsp3) is 0.500. The van der Waals surface area contributed by atoms with Crippen LogP contribution in [0.15, 0.2) is 0 Å². The number of hydrogen-bond donors (Lipinski definition) is 3. The molecule has 0 aliphatic heterocycles. The minimum Gasteiger partial charge on any atom is -0.305 e. The molecule has 80 valence electrons. The molecule has 0 radical (unpaired) electrons. The van der Waals surface area contributed by atoms with E-state index in [4.69, 9.17) is 0 Å². The van der Waals surface area contributed by atoms with E-state index in [1.54, 1.807) is 0 Å². The molecule has 2 aromatic heterocycles. The summed E-state index contributed by atoms with van der Waals surface area (Å²) in [5.41, 5.74) is 3.31. The number of hydrogen-bond acceptors (Lipinski definition) is 5. The number of H-pyrrole nitrogens is 2. The number of aromatic nitrogens is 6. The molecule has 0 spiro atoms. The van der Waals surface area contributed by atoms with Gasteiger partial charge in [-0.15, -0.1) is 10.2 Å². The molecule has 7 heteroatoms. The highest BCUT2D eigenvalue weighted by Gasteiger charge is 2.05. The van der Waals surface area contributed by atoms with Crippen LogP contribution in [0.4, 0.5) is 0 Å². The molecule has 0 aliphatic carbocycles. The second-order valence-corrected chi connectivity index (χ2v) is 3.34. The molecule has 0 aliphatic rings. The topological polar surface area (TPSA) is 95.2 Å². The summed E-state index contributed by atoms with van der Waals surface area (Å²) in [5.74, 6) is 0.661. The number of nitrogens with zero attached hydrogens (tertiary/aromatic N) is 4. The first-order valence-corrected chi connectivity index (χ1v) is 4.71. The minimum absolute atomic E-state index is 0.598. The van der Waals surface area contributed by atoms with E-state index >= 15 is 0 Å². The van der Waals surface area contributed by atoms with Crippen molar-refractivity contribution < 1.29 is 0 Å². The van der Waals surface area contributed by atoms with Crippen molar-refractivity contribution in [2.45, 2.75) is 26.9 Å². The minimum atomic E-state index is 0.598. The third-order valence-corrected chi connectivity index (χ3v) is 2.25. The van der Waals surface area contributed by atoms with Gasteiger partial charge in [-0.1, -0.05) is 5.21 Å². The van der Waals surface area contributed by atoms with Crippen molar-refractivity contribution in [2.24, 2.45) is 0 Å². The summed E-state index contributed by atoms with van der Waals surface area (Å²) >= 11 is 0. The normalized spacial score (nSPS) is 10.8. The van der Waals surface area contributed by atoms with Crippen LogP contribution in [-0.2, 0) is 13.1 Å². The summed E-state index contributed by atoms with van der Waals surface area (Å²) in [6.07, 6.45) is 0. The zero-order chi connectivity index (χ0) is 10.7. The molecule has 3 N–H and O–H groups in total. The van der Waals surface area contributed by atoms with Crippen LogP contribution in [0.2, 0.25) is 0 Å². The molecule has 7 nitrogen and oxygen atoms in total. The van der Waals surface area contributed by atoms with Crippen LogP contribution < -0.4 is 5.32 Å². The lowest BCUT2D eigenvalue weighted by Crippen LogP contribution is -2.14. The first kappa shape index (κ1) is 9.78. The highest BCUT2D eigenvalue weighted by Crippen LogP contribution is 2.08. The van der Waals surface area contributed by atoms with Gasteiger partial charge in [0.25, 0.3) is 0 Å². The van der Waals surface area contributed by atoms with Gasteiger partial charge >= 0.3 is 0 Å². The van der Waals surface area contributed by atoms with Gasteiger partial charge in [-0.05, 0) is 13.8 Å². The highest BCUT2D eigenvalue weighted by atomic mass is 15.5. The lowest BCUT2D eigenvalue weighted by Gasteiger charge is -2.01. The van der Waals surface area contributed by atoms with Crippen LogP contribution in [0, 0.1) is 13.8 Å². The molecule has 0 bridgehead atoms. The average Bonchev–Trinajstić information content (AvgIpc) is 2.82. The average molecular weight is 207 g/mol. The summed E-state index contributed by atoms with van der Waals surface area (Å²) in [7, 11) is 0. The standard InChI is InChI=1S/C8H13N7/c1-5-7(6(2)11-10-5)3-9-4-8-12-14-15-13-8/h9H,3-4H2,1-2H3,(H,10,11)(H,12,13,14,15). The highest BCUT2D eigenvalue weighted by molar-refractivity contribution is 5.22. The van der Waals surface area contributed by atoms with Gasteiger partial charge in [-0.25, -0.2) is 0 Å². The molecule has 0 unspecified atom stereocenters. The Morgan fingerprint density at radius 3 is 2.67 bits per heavy atom. The number of tetrazole rings is 1. The zero-order valence-electron chi connectivity index (χ0n) is 8.70. The van der Waals surface area contributed by atoms with Crippen LogP contribution in [0.3, 0.4) is 0 Å². The lowest BCUT2D eigenvalue weighted by atomic mass is 10.2. The van der Waals surface area contributed by atoms with Gasteiger partial charge < -0.3 is 5.32 Å². The Balaban J connectivity index is 1.89. The van der Waals surface area contributed by atoms with Crippen molar-refractivity contribution in [3.63, 3.8) is 0 Å². The van der Waals surface area contributed by atoms with Crippen LogP contribution in [0.25, 0.3) is 0 Å². The Morgan fingerprint density at radius 1 is 1.20 bits per heavy atom. The molecule has 0 saturated heterocycles. The second-order valence-electron chi connectivity index (χ2n) is 3.34. The molecule has 0 atom stereocenters. The summed E-state index contributed by atoms with van der Waals surface area (Å²) in [6.45, 7) is 5.34. The smallest absolute Gasteiger partial charge is 0.188 e. The molecule has 2 rings (SSSR count). The molecule has 15 heavy (non-hydrogen) atoms. The molecular weight excluding hydrogens is 194 g/mol. The lowest BCUT2D eigenvalue weighted by molar-refractivity contribution is 0.659. The van der Waals surface area contributed by atoms with Crippen molar-refractivity contribution in [1.29, 1.82) is 0 Å². The Bertz CT molecular complexity index is 397. The van der Waals surface area contributed by atoms with Crippen molar-refractivity contribution >= 4 is 0 Å². The van der Waals surface area contributed by atoms with E-state index < -0.39 is 0 Å². The summed E-state index contributed by atoms with van der Waals surface area (Å²) in [4.78, 5) is 0. The van der Waals surface area contributed by atoms with E-state index in [1.165, 1.54) is 5.56 Å². The quantitative estimate of drug-likeness (QED) is 0.647. The van der Waals surface area contributed by atoms with E-state index in [9.17, 15) is 0 Å². The maximum Gasteiger partial charge on any atom is 0.188 e. The van der Waals surface area contributed by atoms with Gasteiger partial charge in [0.2, 0.25) is 0 Å². The van der Waals surface area contributed by atoms with Gasteiger partial charge in [-0.3, -0.25) is 5.10 Å². The third-order valence-electron chi connectivity index (χ3n) is 2.25. The van der Waals surface area contributed by atoms with Crippen LogP contribution in [0.1, 0.15) is 22.8 Å². The maximum atomic E-state index is 4.12. The predicted octanol–water partition coefficient (Wildman–Crippen LogP) is -0.171. The largest absolute Gasteiger partial charge is 0.305 e. The molecule has 0 saturated carbocycles. The zero-order valence-corrected chi connectivity index (χ0v) is 8.70. The van der Waals surface area contributed by atoms with Crippen molar-refractivity contribution in [1.82, 2.24) is 36.1 Å². The fourth-order valence-corrected chi connectivity index (χ4v) is 1.39. The number of aromatic amines is 2. The maximum absolute atomic E-state index is 4.12. The van der Waals surface area contributed by atoms with E-state index in [0.717, 1.165) is 17.9 Å². The van der Waals surface area contributed by atoms with Gasteiger partial charge in [-0.2, -0.15) is 10.3 Å². The van der Waals surface area contributed by atoms with Crippen LogP contribution in [0.5, 0.6) is 0 Å². The molecular formula is C8H13N7. The van der Waals surface area contributed by atoms with Crippen LogP contribution >= 0.6 is 0 Å². The summed E-state index contributed by atoms with van der Waals surface area (Å²) in [5, 5.41) is 23.9. The monoisotopic (exact) mass is 207 g/mol. The molecule has 2 aromatic rings. The number of aryl methyl sites for hydroxylation is 2. The first-order valence-electron chi connectivity index (χ1n) is 4.71. The fourth-order valence-electron chi connectivity index (χ4n) is 1.39. The summed E-state index contributed by atoms with van der Waals surface area (Å²) < 4.78 is 0. The predicted molar refractivity (Wildman–Crippen MR) is 52.8 cm³/mol. The van der Waals surface area contributed by atoms with Gasteiger partial charge in [0.1, 0.15) is 0 Å². The first-order chi connectivity index (χ1) is 7.27. The van der Waals surface area contributed by atoms with Gasteiger partial charge in [0.05, 0.1) is 12.2 Å². The van der Waals surface area contributed by atoms with E-state index in [2.05, 4.69) is 36.1 Å². The SMILES string of the molecule is Cc1n[nH]c(C)c1CNCc1nn[nH]n1. The second kappa shape index (κ2) is 4.18. The Kier molecular flexibility index (Phi) is 2.72. The Morgan fingerprint density at radius 2 is 2.07 bits per heavy atom. The van der Waals surface area contributed by atoms with Gasteiger partial charge in [0.15, 0.2) is 5.82 Å². The summed E-state index contributed by atoms with van der Waals surface area (Å²) in [6, 6.07) is 0. The Hall–Kier alpha value is -1.76. The van der Waals surface area contributed by atoms with Crippen LogP contribution in [-0.4, -0.2) is 30.8 Å².